The third-order valence-corrected chi connectivity index (χ3v) is 20.1. The third kappa shape index (κ3) is 5.38. The van der Waals surface area contributed by atoms with Gasteiger partial charge in [0, 0.05) is 47.6 Å². The van der Waals surface area contributed by atoms with Crippen LogP contribution in [0.3, 0.4) is 0 Å². The van der Waals surface area contributed by atoms with E-state index in [1.807, 2.05) is 11.3 Å². The number of para-hydroxylation sites is 3. The first-order valence-corrected chi connectivity index (χ1v) is 29.1. The quantitative estimate of drug-likeness (QED) is 0.171. The van der Waals surface area contributed by atoms with Gasteiger partial charge in [0.15, 0.2) is 0 Å². The van der Waals surface area contributed by atoms with Crippen molar-refractivity contribution in [1.82, 2.24) is 4.57 Å². The Morgan fingerprint density at radius 1 is 0.296 bits per heavy atom. The van der Waals surface area contributed by atoms with Crippen molar-refractivity contribution in [1.29, 1.82) is 0 Å². The molecule has 19 rings (SSSR count). The molecule has 2 nitrogen and oxygen atoms in total. The Morgan fingerprint density at radius 3 is 1.57 bits per heavy atom. The van der Waals surface area contributed by atoms with Gasteiger partial charge in [0.1, 0.15) is 0 Å². The molecule has 374 valence electrons. The molecule has 0 radical (unpaired) electrons. The molecule has 4 aliphatic rings. The van der Waals surface area contributed by atoms with E-state index in [0.717, 1.165) is 17.1 Å². The number of hydrogen-bond donors (Lipinski definition) is 0. The number of aromatic nitrogens is 1. The second-order valence-electron chi connectivity index (χ2n) is 22.5. The molecule has 1 aliphatic heterocycles. The average molecular weight is 1040 g/mol. The van der Waals surface area contributed by atoms with Gasteiger partial charge in [-0.25, -0.2) is 0 Å². The predicted octanol–water partition coefficient (Wildman–Crippen LogP) is 20.5. The normalized spacial score (nSPS) is 15.3. The van der Waals surface area contributed by atoms with Crippen LogP contribution in [0.5, 0.6) is 0 Å². The van der Waals surface area contributed by atoms with Gasteiger partial charge in [-0.05, 0) is 143 Å². The number of rotatable bonds is 4. The summed E-state index contributed by atoms with van der Waals surface area (Å²) in [5.74, 6) is 0. The van der Waals surface area contributed by atoms with Gasteiger partial charge in [-0.3, -0.25) is 0 Å². The highest BCUT2D eigenvalue weighted by Gasteiger charge is 2.54. The van der Waals surface area contributed by atoms with Crippen LogP contribution in [0.25, 0.3) is 103 Å². The van der Waals surface area contributed by atoms with E-state index in [2.05, 4.69) is 289 Å². The number of fused-ring (bicyclic) bond motifs is 27. The van der Waals surface area contributed by atoms with Crippen molar-refractivity contribution in [2.24, 2.45) is 0 Å². The van der Waals surface area contributed by atoms with E-state index in [1.54, 1.807) is 0 Å². The molecule has 13 aromatic carbocycles. The van der Waals surface area contributed by atoms with Crippen molar-refractivity contribution >= 4 is 81.1 Å². The first-order valence-electron chi connectivity index (χ1n) is 28.2. The summed E-state index contributed by atoms with van der Waals surface area (Å²) in [5.41, 5.74) is 26.6. The van der Waals surface area contributed by atoms with Crippen LogP contribution in [-0.4, -0.2) is 4.57 Å². The number of anilines is 3. The van der Waals surface area contributed by atoms with Gasteiger partial charge in [-0.2, -0.15) is 0 Å². The Kier molecular flexibility index (Phi) is 8.57. The summed E-state index contributed by atoms with van der Waals surface area (Å²) >= 11 is 1.87. The van der Waals surface area contributed by atoms with Crippen LogP contribution in [-0.2, 0) is 10.8 Å². The fourth-order valence-electron chi connectivity index (χ4n) is 16.0. The molecule has 0 N–H and O–H groups in total. The summed E-state index contributed by atoms with van der Waals surface area (Å²) in [6.07, 6.45) is 0. The maximum absolute atomic E-state index is 2.63. The summed E-state index contributed by atoms with van der Waals surface area (Å²) < 4.78 is 5.18. The molecule has 0 fully saturated rings. The van der Waals surface area contributed by atoms with Crippen molar-refractivity contribution in [3.05, 3.63) is 324 Å². The summed E-state index contributed by atoms with van der Waals surface area (Å²) in [5, 5.41) is 7.63. The monoisotopic (exact) mass is 1040 g/mol. The highest BCUT2D eigenvalue weighted by atomic mass is 32.1. The zero-order valence-electron chi connectivity index (χ0n) is 43.9. The van der Waals surface area contributed by atoms with Crippen molar-refractivity contribution < 1.29 is 0 Å². The Hall–Kier alpha value is -10.1. The highest BCUT2D eigenvalue weighted by Crippen LogP contribution is 2.67. The van der Waals surface area contributed by atoms with E-state index >= 15 is 0 Å². The Balaban J connectivity index is 0.921. The van der Waals surface area contributed by atoms with Gasteiger partial charge in [-0.1, -0.05) is 224 Å². The zero-order valence-corrected chi connectivity index (χ0v) is 44.7. The summed E-state index contributed by atoms with van der Waals surface area (Å²) in [6.45, 7) is 0. The predicted molar refractivity (Wildman–Crippen MR) is 338 cm³/mol. The third-order valence-electron chi connectivity index (χ3n) is 19.0. The number of hydrogen-bond acceptors (Lipinski definition) is 2. The molecule has 1 unspecified atom stereocenters. The Labute approximate surface area is 472 Å². The summed E-state index contributed by atoms with van der Waals surface area (Å²) in [7, 11) is 0. The lowest BCUT2D eigenvalue weighted by Crippen LogP contribution is -2.33. The molecular weight excluding hydrogens is 997 g/mol. The minimum absolute atomic E-state index is 0.546. The molecule has 3 aliphatic carbocycles. The molecule has 0 amide bonds. The van der Waals surface area contributed by atoms with E-state index in [4.69, 9.17) is 0 Å². The van der Waals surface area contributed by atoms with E-state index in [1.165, 1.54) is 147 Å². The SMILES string of the molecule is c1ccc2c(c1)-c1ccccc1C21c2ccccc2-c2c1cc(N(c1ccc(-c3ccc4sc5ccccc5c4c3)cc1)c1cccc3c1-c1ccccc1C31c3ccccc3-n3c4ccccc4c4cccc1c43)c1ccccc21. The Morgan fingerprint density at radius 2 is 0.815 bits per heavy atom. The van der Waals surface area contributed by atoms with Crippen molar-refractivity contribution in [3.63, 3.8) is 0 Å². The maximum atomic E-state index is 2.63. The van der Waals surface area contributed by atoms with Gasteiger partial charge in [0.05, 0.1) is 38.9 Å². The van der Waals surface area contributed by atoms with Crippen molar-refractivity contribution in [2.75, 3.05) is 4.90 Å². The van der Waals surface area contributed by atoms with Gasteiger partial charge in [0.2, 0.25) is 0 Å². The smallest absolute Gasteiger partial charge is 0.0755 e. The molecule has 15 aromatic rings. The van der Waals surface area contributed by atoms with Gasteiger partial charge in [-0.15, -0.1) is 11.3 Å². The van der Waals surface area contributed by atoms with Crippen LogP contribution in [0.1, 0.15) is 44.5 Å². The molecule has 3 heterocycles. The van der Waals surface area contributed by atoms with Crippen LogP contribution in [0.4, 0.5) is 17.1 Å². The number of thiophene rings is 1. The second-order valence-corrected chi connectivity index (χ2v) is 23.6. The van der Waals surface area contributed by atoms with Gasteiger partial charge >= 0.3 is 0 Å². The lowest BCUT2D eigenvalue weighted by atomic mass is 9.65. The molecular formula is C78H46N2S. The van der Waals surface area contributed by atoms with Gasteiger partial charge < -0.3 is 9.47 Å². The molecule has 0 bridgehead atoms. The summed E-state index contributed by atoms with van der Waals surface area (Å²) in [6, 6.07) is 106. The molecule has 2 spiro atoms. The van der Waals surface area contributed by atoms with E-state index < -0.39 is 10.8 Å². The molecule has 1 atom stereocenters. The fraction of sp³-hybridized carbons (Fsp3) is 0.0256. The van der Waals surface area contributed by atoms with Crippen LogP contribution in [0, 0.1) is 0 Å². The molecule has 3 heteroatoms. The van der Waals surface area contributed by atoms with Crippen LogP contribution >= 0.6 is 11.3 Å². The highest BCUT2D eigenvalue weighted by molar-refractivity contribution is 7.25. The zero-order chi connectivity index (χ0) is 52.7. The number of nitrogens with zero attached hydrogens (tertiary/aromatic N) is 2. The average Bonchev–Trinajstić information content (AvgIpc) is 4.41. The first-order chi connectivity index (χ1) is 40.2. The maximum Gasteiger partial charge on any atom is 0.0755 e. The molecule has 2 aromatic heterocycles. The lowest BCUT2D eigenvalue weighted by Gasteiger charge is -2.39. The minimum atomic E-state index is -0.620. The van der Waals surface area contributed by atoms with E-state index in [-0.39, 0.29) is 0 Å². The fourth-order valence-corrected chi connectivity index (χ4v) is 17.1. The largest absolute Gasteiger partial charge is 0.309 e. The lowest BCUT2D eigenvalue weighted by molar-refractivity contribution is 0.748. The van der Waals surface area contributed by atoms with Crippen molar-refractivity contribution in [2.45, 2.75) is 10.8 Å². The first kappa shape index (κ1) is 43.9. The molecule has 0 saturated carbocycles. The second kappa shape index (κ2) is 15.8. The molecule has 0 saturated heterocycles. The van der Waals surface area contributed by atoms with E-state index in [9.17, 15) is 0 Å². The summed E-state index contributed by atoms with van der Waals surface area (Å²) in [4.78, 5) is 2.63. The molecule has 81 heavy (non-hydrogen) atoms. The topological polar surface area (TPSA) is 8.17 Å². The minimum Gasteiger partial charge on any atom is -0.309 e. The number of benzene rings is 13. The van der Waals surface area contributed by atoms with Crippen LogP contribution in [0.2, 0.25) is 0 Å². The standard InChI is InChI=1S/C78H46N2S/c1-2-24-55-52(21-1)71(46-67-74(55)57-25-5-11-30-62(57)77(67)60-28-9-3-19-50(60)51-20-4-10-29-61(51)77)79(49-42-39-47(40-43-49)48-41-44-73-59(45-48)54-23-8-16-38-72(54)81-73)70-37-18-33-65-75(70)58-26-6-12-31-63(58)78(65)64-32-13-15-36-69(64)80-68-35-14-7-22-53(68)56-27-17-34-66(78)76(56)80/h1-46H. The van der Waals surface area contributed by atoms with Crippen LogP contribution in [0.15, 0.2) is 279 Å². The van der Waals surface area contributed by atoms with E-state index in [0.29, 0.717) is 0 Å². The van der Waals surface area contributed by atoms with Gasteiger partial charge in [0.25, 0.3) is 0 Å². The Bertz CT molecular complexity index is 5220. The van der Waals surface area contributed by atoms with Crippen molar-refractivity contribution in [3.8, 4) is 50.2 Å². The van der Waals surface area contributed by atoms with Crippen LogP contribution < -0.4 is 4.90 Å².